The standard InChI is InChI=1S/C13H23NO3/c1-12(2,3)17-11(15)14-8-10-4-6-13(7-5-10)9-16-13/h10H,4-9H2,1-3H3,(H,14,15). The van der Waals surface area contributed by atoms with Crippen LogP contribution in [0, 0.1) is 5.92 Å². The van der Waals surface area contributed by atoms with Crippen LogP contribution in [0.15, 0.2) is 0 Å². The SMILES string of the molecule is CC(C)(C)OC(=O)NCC1CCC2(CC1)CO2. The summed E-state index contributed by atoms with van der Waals surface area (Å²) >= 11 is 0. The maximum atomic E-state index is 11.5. The van der Waals surface area contributed by atoms with Crippen molar-refractivity contribution < 1.29 is 14.3 Å². The zero-order chi connectivity index (χ0) is 12.5. The number of carbonyl (C=O) groups is 1. The summed E-state index contributed by atoms with van der Waals surface area (Å²) in [6, 6.07) is 0. The molecule has 98 valence electrons. The Morgan fingerprint density at radius 2 is 2.00 bits per heavy atom. The van der Waals surface area contributed by atoms with Gasteiger partial charge in [-0.2, -0.15) is 0 Å². The number of rotatable bonds is 2. The molecule has 2 rings (SSSR count). The molecule has 2 fully saturated rings. The van der Waals surface area contributed by atoms with Crippen LogP contribution in [0.5, 0.6) is 0 Å². The van der Waals surface area contributed by atoms with Crippen molar-refractivity contribution in [3.63, 3.8) is 0 Å². The average molecular weight is 241 g/mol. The van der Waals surface area contributed by atoms with E-state index in [-0.39, 0.29) is 11.7 Å². The van der Waals surface area contributed by atoms with Crippen LogP contribution in [0.1, 0.15) is 46.5 Å². The number of amides is 1. The lowest BCUT2D eigenvalue weighted by atomic mass is 9.82. The second-order valence-corrected chi connectivity index (χ2v) is 6.30. The second-order valence-electron chi connectivity index (χ2n) is 6.30. The molecule has 1 spiro atoms. The summed E-state index contributed by atoms with van der Waals surface area (Å²) in [6.45, 7) is 7.30. The molecule has 1 heterocycles. The van der Waals surface area contributed by atoms with E-state index in [4.69, 9.17) is 9.47 Å². The summed E-state index contributed by atoms with van der Waals surface area (Å²) in [7, 11) is 0. The highest BCUT2D eigenvalue weighted by Crippen LogP contribution is 2.43. The first-order valence-corrected chi connectivity index (χ1v) is 6.49. The van der Waals surface area contributed by atoms with Crippen LogP contribution >= 0.6 is 0 Å². The Kier molecular flexibility index (Phi) is 3.34. The first kappa shape index (κ1) is 12.7. The fraction of sp³-hybridized carbons (Fsp3) is 0.923. The first-order chi connectivity index (χ1) is 7.89. The van der Waals surface area contributed by atoms with E-state index in [0.717, 1.165) is 38.8 Å². The van der Waals surface area contributed by atoms with Gasteiger partial charge < -0.3 is 14.8 Å². The Morgan fingerprint density at radius 3 is 2.47 bits per heavy atom. The number of carbonyl (C=O) groups excluding carboxylic acids is 1. The van der Waals surface area contributed by atoms with Gasteiger partial charge in [-0.25, -0.2) is 4.79 Å². The highest BCUT2D eigenvalue weighted by molar-refractivity contribution is 5.67. The van der Waals surface area contributed by atoms with E-state index >= 15 is 0 Å². The summed E-state index contributed by atoms with van der Waals surface area (Å²) < 4.78 is 10.7. The zero-order valence-corrected chi connectivity index (χ0v) is 11.0. The van der Waals surface area contributed by atoms with Crippen molar-refractivity contribution in [2.24, 2.45) is 5.92 Å². The topological polar surface area (TPSA) is 50.9 Å². The third-order valence-corrected chi connectivity index (χ3v) is 3.50. The molecule has 0 aromatic carbocycles. The third-order valence-electron chi connectivity index (χ3n) is 3.50. The molecule has 1 saturated carbocycles. The molecule has 1 saturated heterocycles. The number of epoxide rings is 1. The molecule has 0 bridgehead atoms. The van der Waals surface area contributed by atoms with E-state index in [0.29, 0.717) is 5.92 Å². The van der Waals surface area contributed by atoms with Gasteiger partial charge in [-0.05, 0) is 52.4 Å². The molecular formula is C13H23NO3. The third kappa shape index (κ3) is 3.87. The molecule has 1 aliphatic carbocycles. The molecule has 0 unspecified atom stereocenters. The Labute approximate surface area is 103 Å². The fourth-order valence-corrected chi connectivity index (χ4v) is 2.34. The minimum absolute atomic E-state index is 0.239. The van der Waals surface area contributed by atoms with E-state index < -0.39 is 5.60 Å². The summed E-state index contributed by atoms with van der Waals surface area (Å²) in [6.07, 6.45) is 4.29. The van der Waals surface area contributed by atoms with Crippen molar-refractivity contribution in [3.8, 4) is 0 Å². The van der Waals surface area contributed by atoms with Crippen LogP contribution in [0.3, 0.4) is 0 Å². The highest BCUT2D eigenvalue weighted by atomic mass is 16.6. The summed E-state index contributed by atoms with van der Waals surface area (Å²) in [5.41, 5.74) is -0.176. The molecule has 17 heavy (non-hydrogen) atoms. The van der Waals surface area contributed by atoms with Gasteiger partial charge in [-0.3, -0.25) is 0 Å². The van der Waals surface area contributed by atoms with Crippen LogP contribution in [0.25, 0.3) is 0 Å². The minimum Gasteiger partial charge on any atom is -0.444 e. The molecular weight excluding hydrogens is 218 g/mol. The molecule has 4 nitrogen and oxygen atoms in total. The molecule has 1 N–H and O–H groups in total. The van der Waals surface area contributed by atoms with E-state index in [1.165, 1.54) is 0 Å². The van der Waals surface area contributed by atoms with Gasteiger partial charge in [0.15, 0.2) is 0 Å². The highest BCUT2D eigenvalue weighted by Gasteiger charge is 2.46. The molecule has 4 heteroatoms. The molecule has 1 aliphatic heterocycles. The van der Waals surface area contributed by atoms with Gasteiger partial charge >= 0.3 is 6.09 Å². The first-order valence-electron chi connectivity index (χ1n) is 6.49. The lowest BCUT2D eigenvalue weighted by molar-refractivity contribution is 0.0512. The van der Waals surface area contributed by atoms with Gasteiger partial charge in [0.2, 0.25) is 0 Å². The van der Waals surface area contributed by atoms with Crippen LogP contribution in [-0.2, 0) is 9.47 Å². The number of nitrogens with one attached hydrogen (secondary N) is 1. The molecule has 0 aromatic heterocycles. The van der Waals surface area contributed by atoms with Crippen LogP contribution in [-0.4, -0.2) is 30.4 Å². The van der Waals surface area contributed by atoms with Gasteiger partial charge in [0.05, 0.1) is 12.2 Å². The van der Waals surface area contributed by atoms with Crippen molar-refractivity contribution >= 4 is 6.09 Å². The van der Waals surface area contributed by atoms with Crippen LogP contribution in [0.2, 0.25) is 0 Å². The van der Waals surface area contributed by atoms with E-state index in [2.05, 4.69) is 5.32 Å². The quantitative estimate of drug-likeness (QED) is 0.756. The van der Waals surface area contributed by atoms with Crippen LogP contribution < -0.4 is 5.32 Å². The number of hydrogen-bond donors (Lipinski definition) is 1. The second kappa shape index (κ2) is 4.48. The van der Waals surface area contributed by atoms with Crippen molar-refractivity contribution in [2.45, 2.75) is 57.7 Å². The Hall–Kier alpha value is -0.770. The van der Waals surface area contributed by atoms with E-state index in [1.807, 2.05) is 20.8 Å². The van der Waals surface area contributed by atoms with Gasteiger partial charge in [0, 0.05) is 6.54 Å². The summed E-state index contributed by atoms with van der Waals surface area (Å²) in [5.74, 6) is 0.581. The van der Waals surface area contributed by atoms with Gasteiger partial charge in [0.1, 0.15) is 5.60 Å². The van der Waals surface area contributed by atoms with E-state index in [9.17, 15) is 4.79 Å². The summed E-state index contributed by atoms with van der Waals surface area (Å²) in [4.78, 5) is 11.5. The zero-order valence-electron chi connectivity index (χ0n) is 11.0. The van der Waals surface area contributed by atoms with Crippen LogP contribution in [0.4, 0.5) is 4.79 Å². The smallest absolute Gasteiger partial charge is 0.407 e. The van der Waals surface area contributed by atoms with Crippen molar-refractivity contribution in [2.75, 3.05) is 13.2 Å². The Balaban J connectivity index is 1.63. The van der Waals surface area contributed by atoms with Gasteiger partial charge in [-0.1, -0.05) is 0 Å². The lowest BCUT2D eigenvalue weighted by Crippen LogP contribution is -2.36. The maximum absolute atomic E-state index is 11.5. The number of hydrogen-bond acceptors (Lipinski definition) is 3. The largest absolute Gasteiger partial charge is 0.444 e. The maximum Gasteiger partial charge on any atom is 0.407 e. The Morgan fingerprint density at radius 1 is 1.41 bits per heavy atom. The average Bonchev–Trinajstić information content (AvgIpc) is 2.95. The van der Waals surface area contributed by atoms with Gasteiger partial charge in [0.25, 0.3) is 0 Å². The number of alkyl carbamates (subject to hydrolysis) is 1. The molecule has 2 aliphatic rings. The lowest BCUT2D eigenvalue weighted by Gasteiger charge is -2.27. The number of ether oxygens (including phenoxy) is 2. The van der Waals surface area contributed by atoms with Crippen molar-refractivity contribution in [1.82, 2.24) is 5.32 Å². The fourth-order valence-electron chi connectivity index (χ4n) is 2.34. The van der Waals surface area contributed by atoms with Crippen molar-refractivity contribution in [1.29, 1.82) is 0 Å². The molecule has 0 radical (unpaired) electrons. The molecule has 0 aromatic rings. The normalized spacial score (nSPS) is 32.3. The Bertz CT molecular complexity index is 282. The van der Waals surface area contributed by atoms with Crippen molar-refractivity contribution in [3.05, 3.63) is 0 Å². The monoisotopic (exact) mass is 241 g/mol. The van der Waals surface area contributed by atoms with E-state index in [1.54, 1.807) is 0 Å². The van der Waals surface area contributed by atoms with Gasteiger partial charge in [-0.15, -0.1) is 0 Å². The minimum atomic E-state index is -0.414. The predicted molar refractivity (Wildman–Crippen MR) is 64.9 cm³/mol. The predicted octanol–water partition coefficient (Wildman–Crippen LogP) is 2.47. The molecule has 1 amide bonds. The summed E-state index contributed by atoms with van der Waals surface area (Å²) in [5, 5.41) is 2.85. The molecule has 0 atom stereocenters.